The molecule has 0 saturated carbocycles. The molecule has 1 aromatic carbocycles. The monoisotopic (exact) mass is 254 g/mol. The van der Waals surface area contributed by atoms with Gasteiger partial charge in [-0.3, -0.25) is 0 Å². The third-order valence-corrected chi connectivity index (χ3v) is 2.17. The Kier molecular flexibility index (Phi) is 3.05. The Morgan fingerprint density at radius 1 is 0.944 bits per heavy atom. The number of hydrogen-bond acceptors (Lipinski definition) is 4. The minimum Gasteiger partial charge on any atom is -0.382 e. The van der Waals surface area contributed by atoms with Gasteiger partial charge in [0, 0.05) is 5.69 Å². The van der Waals surface area contributed by atoms with Gasteiger partial charge in [-0.1, -0.05) is 0 Å². The van der Waals surface area contributed by atoms with Gasteiger partial charge in [0.1, 0.15) is 5.82 Å². The molecule has 18 heavy (non-hydrogen) atoms. The number of aromatic nitrogens is 2. The Hall–Kier alpha value is -2.31. The molecule has 0 saturated heterocycles. The molecule has 0 atom stereocenters. The third-order valence-electron chi connectivity index (χ3n) is 2.17. The van der Waals surface area contributed by atoms with Gasteiger partial charge in [-0.25, -0.2) is 0 Å². The average Bonchev–Trinajstić information content (AvgIpc) is 2.32. The summed E-state index contributed by atoms with van der Waals surface area (Å²) in [6.45, 7) is 0. The van der Waals surface area contributed by atoms with Crippen LogP contribution >= 0.6 is 0 Å². The van der Waals surface area contributed by atoms with Crippen LogP contribution in [0.1, 0.15) is 5.56 Å². The molecule has 0 aliphatic rings. The van der Waals surface area contributed by atoms with E-state index < -0.39 is 11.7 Å². The zero-order valence-corrected chi connectivity index (χ0v) is 9.07. The Labute approximate surface area is 101 Å². The van der Waals surface area contributed by atoms with Crippen LogP contribution in [0.3, 0.4) is 0 Å². The summed E-state index contributed by atoms with van der Waals surface area (Å²) in [5.41, 5.74) is 5.15. The van der Waals surface area contributed by atoms with Gasteiger partial charge in [0.2, 0.25) is 0 Å². The van der Waals surface area contributed by atoms with Gasteiger partial charge in [-0.05, 0) is 36.4 Å². The van der Waals surface area contributed by atoms with Crippen LogP contribution in [0, 0.1) is 0 Å². The molecule has 1 heterocycles. The lowest BCUT2D eigenvalue weighted by molar-refractivity contribution is -0.137. The molecule has 0 fully saturated rings. The van der Waals surface area contributed by atoms with Crippen molar-refractivity contribution in [2.45, 2.75) is 6.18 Å². The molecule has 2 rings (SSSR count). The van der Waals surface area contributed by atoms with Gasteiger partial charge in [0.25, 0.3) is 0 Å². The quantitative estimate of drug-likeness (QED) is 0.864. The van der Waals surface area contributed by atoms with Crippen molar-refractivity contribution in [1.82, 2.24) is 10.2 Å². The van der Waals surface area contributed by atoms with E-state index in [2.05, 4.69) is 15.5 Å². The lowest BCUT2D eigenvalue weighted by atomic mass is 10.2. The van der Waals surface area contributed by atoms with E-state index >= 15 is 0 Å². The summed E-state index contributed by atoms with van der Waals surface area (Å²) in [6.07, 6.45) is -4.33. The van der Waals surface area contributed by atoms with Gasteiger partial charge in [0.15, 0.2) is 5.82 Å². The summed E-state index contributed by atoms with van der Waals surface area (Å²) in [6, 6.07) is 7.75. The molecule has 2 aromatic rings. The highest BCUT2D eigenvalue weighted by molar-refractivity contribution is 5.56. The average molecular weight is 254 g/mol. The van der Waals surface area contributed by atoms with Crippen molar-refractivity contribution in [2.75, 3.05) is 11.1 Å². The summed E-state index contributed by atoms with van der Waals surface area (Å²) in [5, 5.41) is 10.2. The fraction of sp³-hybridized carbons (Fsp3) is 0.0909. The van der Waals surface area contributed by atoms with E-state index in [0.29, 0.717) is 11.5 Å². The van der Waals surface area contributed by atoms with Crippen LogP contribution in [0.2, 0.25) is 0 Å². The van der Waals surface area contributed by atoms with E-state index in [1.54, 1.807) is 12.1 Å². The van der Waals surface area contributed by atoms with Crippen LogP contribution in [0.5, 0.6) is 0 Å². The third kappa shape index (κ3) is 2.88. The van der Waals surface area contributed by atoms with Gasteiger partial charge >= 0.3 is 6.18 Å². The summed E-state index contributed by atoms with van der Waals surface area (Å²) >= 11 is 0. The van der Waals surface area contributed by atoms with Crippen molar-refractivity contribution in [2.24, 2.45) is 0 Å². The molecule has 4 nitrogen and oxygen atoms in total. The highest BCUT2D eigenvalue weighted by Crippen LogP contribution is 2.30. The summed E-state index contributed by atoms with van der Waals surface area (Å²) < 4.78 is 37.0. The van der Waals surface area contributed by atoms with Gasteiger partial charge in [-0.15, -0.1) is 10.2 Å². The second kappa shape index (κ2) is 4.52. The van der Waals surface area contributed by atoms with Crippen molar-refractivity contribution in [3.05, 3.63) is 42.0 Å². The van der Waals surface area contributed by atoms with Gasteiger partial charge in [-0.2, -0.15) is 13.2 Å². The van der Waals surface area contributed by atoms with E-state index in [0.717, 1.165) is 12.1 Å². The molecule has 3 N–H and O–H groups in total. The normalized spacial score (nSPS) is 11.3. The van der Waals surface area contributed by atoms with Crippen molar-refractivity contribution in [1.29, 1.82) is 0 Å². The summed E-state index contributed by atoms with van der Waals surface area (Å²) in [5.74, 6) is 0.678. The molecular weight excluding hydrogens is 245 g/mol. The highest BCUT2D eigenvalue weighted by Gasteiger charge is 2.29. The van der Waals surface area contributed by atoms with E-state index in [-0.39, 0.29) is 5.82 Å². The van der Waals surface area contributed by atoms with Crippen molar-refractivity contribution in [3.8, 4) is 0 Å². The maximum absolute atomic E-state index is 12.3. The summed E-state index contributed by atoms with van der Waals surface area (Å²) in [7, 11) is 0. The van der Waals surface area contributed by atoms with Crippen molar-refractivity contribution < 1.29 is 13.2 Å². The molecule has 0 spiro atoms. The number of nitrogens with zero attached hydrogens (tertiary/aromatic N) is 2. The Morgan fingerprint density at radius 2 is 1.61 bits per heavy atom. The van der Waals surface area contributed by atoms with Crippen LogP contribution in [-0.4, -0.2) is 10.2 Å². The maximum atomic E-state index is 12.3. The number of alkyl halides is 3. The zero-order valence-electron chi connectivity index (χ0n) is 9.07. The largest absolute Gasteiger partial charge is 0.416 e. The fourth-order valence-electron chi connectivity index (χ4n) is 1.30. The standard InChI is InChI=1S/C11H9F3N4/c12-11(13,14)7-1-3-8(4-2-7)16-10-6-5-9(15)17-18-10/h1-6H,(H2,15,17)(H,16,18). The number of anilines is 3. The number of nitrogen functional groups attached to an aromatic ring is 1. The predicted octanol–water partition coefficient (Wildman–Crippen LogP) is 2.82. The molecular formula is C11H9F3N4. The molecule has 0 amide bonds. The van der Waals surface area contributed by atoms with Crippen LogP contribution < -0.4 is 11.1 Å². The van der Waals surface area contributed by atoms with Gasteiger partial charge in [0.05, 0.1) is 5.56 Å². The number of benzene rings is 1. The van der Waals surface area contributed by atoms with Crippen LogP contribution in [0.4, 0.5) is 30.5 Å². The number of nitrogens with one attached hydrogen (secondary N) is 1. The molecule has 0 aliphatic heterocycles. The van der Waals surface area contributed by atoms with Crippen molar-refractivity contribution in [3.63, 3.8) is 0 Å². The van der Waals surface area contributed by atoms with E-state index in [1.165, 1.54) is 12.1 Å². The Morgan fingerprint density at radius 3 is 2.11 bits per heavy atom. The Bertz CT molecular complexity index is 519. The van der Waals surface area contributed by atoms with Gasteiger partial charge < -0.3 is 11.1 Å². The first-order valence-corrected chi connectivity index (χ1v) is 4.98. The first-order valence-electron chi connectivity index (χ1n) is 4.98. The molecule has 0 unspecified atom stereocenters. The topological polar surface area (TPSA) is 63.8 Å². The molecule has 0 aliphatic carbocycles. The number of rotatable bonds is 2. The Balaban J connectivity index is 2.13. The molecule has 0 radical (unpaired) electrons. The highest BCUT2D eigenvalue weighted by atomic mass is 19.4. The molecule has 94 valence electrons. The second-order valence-corrected chi connectivity index (χ2v) is 3.54. The fourth-order valence-corrected chi connectivity index (χ4v) is 1.30. The second-order valence-electron chi connectivity index (χ2n) is 3.54. The van der Waals surface area contributed by atoms with E-state index in [4.69, 9.17) is 5.73 Å². The predicted molar refractivity (Wildman–Crippen MR) is 61.2 cm³/mol. The van der Waals surface area contributed by atoms with E-state index in [1.807, 2.05) is 0 Å². The van der Waals surface area contributed by atoms with Crippen LogP contribution in [0.15, 0.2) is 36.4 Å². The van der Waals surface area contributed by atoms with Crippen LogP contribution in [-0.2, 0) is 6.18 Å². The zero-order chi connectivity index (χ0) is 13.2. The van der Waals surface area contributed by atoms with E-state index in [9.17, 15) is 13.2 Å². The smallest absolute Gasteiger partial charge is 0.382 e. The number of nitrogens with two attached hydrogens (primary N) is 1. The summed E-state index contributed by atoms with van der Waals surface area (Å²) in [4.78, 5) is 0. The first kappa shape index (κ1) is 12.2. The molecule has 1 aromatic heterocycles. The van der Waals surface area contributed by atoms with Crippen LogP contribution in [0.25, 0.3) is 0 Å². The first-order chi connectivity index (χ1) is 8.45. The number of halogens is 3. The molecule has 0 bridgehead atoms. The number of hydrogen-bond donors (Lipinski definition) is 2. The van der Waals surface area contributed by atoms with Crippen molar-refractivity contribution >= 4 is 17.3 Å². The lowest BCUT2D eigenvalue weighted by Crippen LogP contribution is -2.04. The minimum absolute atomic E-state index is 0.271. The maximum Gasteiger partial charge on any atom is 0.416 e. The SMILES string of the molecule is Nc1ccc(Nc2ccc(C(F)(F)F)cc2)nn1. The minimum atomic E-state index is -4.33. The lowest BCUT2D eigenvalue weighted by Gasteiger charge is -2.08. The molecule has 7 heteroatoms.